The van der Waals surface area contributed by atoms with E-state index in [0.29, 0.717) is 5.82 Å². The first-order valence-corrected chi connectivity index (χ1v) is 7.00. The number of hydrogen-bond donors (Lipinski definition) is 0. The van der Waals surface area contributed by atoms with Gasteiger partial charge in [-0.3, -0.25) is 9.97 Å². The van der Waals surface area contributed by atoms with Gasteiger partial charge in [-0.1, -0.05) is 48.5 Å². The SMILES string of the molecule is c1ccc(-c2nc(-c3cnccn3)c3ccccc3n2)cc1. The first kappa shape index (κ1) is 12.6. The first-order chi connectivity index (χ1) is 10.9. The molecular weight excluding hydrogens is 272 g/mol. The zero-order valence-corrected chi connectivity index (χ0v) is 11.7. The normalized spacial score (nSPS) is 10.7. The second-order valence-corrected chi connectivity index (χ2v) is 4.87. The Labute approximate surface area is 127 Å². The Morgan fingerprint density at radius 2 is 1.55 bits per heavy atom. The molecule has 0 saturated carbocycles. The summed E-state index contributed by atoms with van der Waals surface area (Å²) in [6.07, 6.45) is 5.06. The lowest BCUT2D eigenvalue weighted by atomic mass is 10.1. The van der Waals surface area contributed by atoms with Crippen LogP contribution in [0.25, 0.3) is 33.7 Å². The summed E-state index contributed by atoms with van der Waals surface area (Å²) in [5, 5.41) is 0.975. The van der Waals surface area contributed by atoms with E-state index in [0.717, 1.165) is 27.9 Å². The molecule has 0 saturated heterocycles. The number of aromatic nitrogens is 4. The quantitative estimate of drug-likeness (QED) is 0.562. The van der Waals surface area contributed by atoms with Crippen LogP contribution in [0, 0.1) is 0 Å². The van der Waals surface area contributed by atoms with Gasteiger partial charge in [0.1, 0.15) is 11.4 Å². The maximum absolute atomic E-state index is 4.73. The minimum absolute atomic E-state index is 0.694. The van der Waals surface area contributed by atoms with Crippen molar-refractivity contribution in [2.75, 3.05) is 0 Å². The Morgan fingerprint density at radius 1 is 0.727 bits per heavy atom. The molecule has 0 fully saturated rings. The van der Waals surface area contributed by atoms with Gasteiger partial charge in [0.15, 0.2) is 5.82 Å². The van der Waals surface area contributed by atoms with Gasteiger partial charge in [-0.25, -0.2) is 9.97 Å². The molecule has 2 aromatic heterocycles. The summed E-state index contributed by atoms with van der Waals surface area (Å²) in [7, 11) is 0. The highest BCUT2D eigenvalue weighted by Crippen LogP contribution is 2.27. The topological polar surface area (TPSA) is 51.6 Å². The van der Waals surface area contributed by atoms with Crippen molar-refractivity contribution in [3.8, 4) is 22.8 Å². The third-order valence-corrected chi connectivity index (χ3v) is 3.44. The van der Waals surface area contributed by atoms with E-state index in [1.54, 1.807) is 18.6 Å². The van der Waals surface area contributed by atoms with Gasteiger partial charge in [0.2, 0.25) is 0 Å². The third kappa shape index (κ3) is 2.20. The van der Waals surface area contributed by atoms with Crippen LogP contribution < -0.4 is 0 Å². The van der Waals surface area contributed by atoms with Gasteiger partial charge < -0.3 is 0 Å². The average Bonchev–Trinajstić information content (AvgIpc) is 2.62. The molecule has 0 bridgehead atoms. The Morgan fingerprint density at radius 3 is 2.36 bits per heavy atom. The van der Waals surface area contributed by atoms with E-state index in [2.05, 4.69) is 15.0 Å². The summed E-state index contributed by atoms with van der Waals surface area (Å²) >= 11 is 0. The molecule has 0 spiro atoms. The largest absolute Gasteiger partial charge is 0.261 e. The third-order valence-electron chi connectivity index (χ3n) is 3.44. The fourth-order valence-electron chi connectivity index (χ4n) is 2.41. The lowest BCUT2D eigenvalue weighted by molar-refractivity contribution is 1.16. The summed E-state index contributed by atoms with van der Waals surface area (Å²) in [4.78, 5) is 17.9. The fraction of sp³-hybridized carbons (Fsp3) is 0. The standard InChI is InChI=1S/C18H12N4/c1-2-6-13(7-3-1)18-21-15-9-5-4-8-14(15)17(22-18)16-12-19-10-11-20-16/h1-12H. The second kappa shape index (κ2) is 5.33. The molecule has 0 N–H and O–H groups in total. The maximum atomic E-state index is 4.73. The van der Waals surface area contributed by atoms with E-state index in [1.165, 1.54) is 0 Å². The van der Waals surface area contributed by atoms with Crippen molar-refractivity contribution < 1.29 is 0 Å². The lowest BCUT2D eigenvalue weighted by Crippen LogP contribution is -1.96. The summed E-state index contributed by atoms with van der Waals surface area (Å²) in [5.41, 5.74) is 3.44. The Bertz CT molecular complexity index is 921. The van der Waals surface area contributed by atoms with Crippen molar-refractivity contribution in [2.24, 2.45) is 0 Å². The van der Waals surface area contributed by atoms with E-state index in [1.807, 2.05) is 54.6 Å². The minimum atomic E-state index is 0.694. The highest BCUT2D eigenvalue weighted by Gasteiger charge is 2.11. The molecule has 2 aromatic carbocycles. The van der Waals surface area contributed by atoms with E-state index in [4.69, 9.17) is 4.98 Å². The number of nitrogens with zero attached hydrogens (tertiary/aromatic N) is 4. The molecule has 4 aromatic rings. The summed E-state index contributed by atoms with van der Waals surface area (Å²) in [6.45, 7) is 0. The van der Waals surface area contributed by atoms with E-state index in [9.17, 15) is 0 Å². The van der Waals surface area contributed by atoms with Crippen molar-refractivity contribution in [3.63, 3.8) is 0 Å². The van der Waals surface area contributed by atoms with Gasteiger partial charge >= 0.3 is 0 Å². The fourth-order valence-corrected chi connectivity index (χ4v) is 2.41. The summed E-state index contributed by atoms with van der Waals surface area (Å²) < 4.78 is 0. The molecule has 104 valence electrons. The van der Waals surface area contributed by atoms with Crippen molar-refractivity contribution in [2.45, 2.75) is 0 Å². The van der Waals surface area contributed by atoms with Gasteiger partial charge in [-0.05, 0) is 6.07 Å². The molecule has 0 unspecified atom stereocenters. The number of para-hydroxylation sites is 1. The predicted octanol–water partition coefficient (Wildman–Crippen LogP) is 3.75. The lowest BCUT2D eigenvalue weighted by Gasteiger charge is -2.08. The molecule has 22 heavy (non-hydrogen) atoms. The average molecular weight is 284 g/mol. The second-order valence-electron chi connectivity index (χ2n) is 4.87. The highest BCUT2D eigenvalue weighted by molar-refractivity contribution is 5.92. The molecule has 0 atom stereocenters. The highest BCUT2D eigenvalue weighted by atomic mass is 14.9. The van der Waals surface area contributed by atoms with Crippen LogP contribution in [0.2, 0.25) is 0 Å². The molecule has 0 aliphatic heterocycles. The molecule has 2 heterocycles. The van der Waals surface area contributed by atoms with Gasteiger partial charge in [0, 0.05) is 23.3 Å². The van der Waals surface area contributed by atoms with E-state index in [-0.39, 0.29) is 0 Å². The molecule has 4 rings (SSSR count). The minimum Gasteiger partial charge on any atom is -0.261 e. The van der Waals surface area contributed by atoms with Gasteiger partial charge in [-0.15, -0.1) is 0 Å². The smallest absolute Gasteiger partial charge is 0.160 e. The molecule has 0 radical (unpaired) electrons. The number of rotatable bonds is 2. The molecule has 0 aliphatic carbocycles. The van der Waals surface area contributed by atoms with Crippen LogP contribution >= 0.6 is 0 Å². The van der Waals surface area contributed by atoms with Crippen molar-refractivity contribution in [1.82, 2.24) is 19.9 Å². The van der Waals surface area contributed by atoms with E-state index >= 15 is 0 Å². The zero-order valence-electron chi connectivity index (χ0n) is 11.7. The van der Waals surface area contributed by atoms with E-state index < -0.39 is 0 Å². The molecule has 4 heteroatoms. The first-order valence-electron chi connectivity index (χ1n) is 7.00. The van der Waals surface area contributed by atoms with Gasteiger partial charge in [-0.2, -0.15) is 0 Å². The number of hydrogen-bond acceptors (Lipinski definition) is 4. The molecule has 0 aliphatic rings. The van der Waals surface area contributed by atoms with Gasteiger partial charge in [0.05, 0.1) is 11.7 Å². The Hall–Kier alpha value is -3.14. The van der Waals surface area contributed by atoms with Crippen LogP contribution in [0.4, 0.5) is 0 Å². The van der Waals surface area contributed by atoms with Crippen LogP contribution in [0.1, 0.15) is 0 Å². The van der Waals surface area contributed by atoms with Crippen LogP contribution in [0.5, 0.6) is 0 Å². The number of fused-ring (bicyclic) bond motifs is 1. The molecule has 4 nitrogen and oxygen atoms in total. The molecular formula is C18H12N4. The van der Waals surface area contributed by atoms with Crippen LogP contribution in [-0.4, -0.2) is 19.9 Å². The number of benzene rings is 2. The summed E-state index contributed by atoms with van der Waals surface area (Å²) in [5.74, 6) is 0.694. The van der Waals surface area contributed by atoms with Crippen LogP contribution in [0.3, 0.4) is 0 Å². The monoisotopic (exact) mass is 284 g/mol. The molecule has 0 amide bonds. The zero-order chi connectivity index (χ0) is 14.8. The van der Waals surface area contributed by atoms with Crippen molar-refractivity contribution in [3.05, 3.63) is 73.2 Å². The van der Waals surface area contributed by atoms with Crippen molar-refractivity contribution >= 4 is 10.9 Å². The van der Waals surface area contributed by atoms with Crippen LogP contribution in [0.15, 0.2) is 73.2 Å². The summed E-state index contributed by atoms with van der Waals surface area (Å²) in [6, 6.07) is 17.9. The maximum Gasteiger partial charge on any atom is 0.160 e. The van der Waals surface area contributed by atoms with Gasteiger partial charge in [0.25, 0.3) is 0 Å². The predicted molar refractivity (Wildman–Crippen MR) is 86.0 cm³/mol. The van der Waals surface area contributed by atoms with Crippen LogP contribution in [-0.2, 0) is 0 Å². The van der Waals surface area contributed by atoms with Crippen molar-refractivity contribution in [1.29, 1.82) is 0 Å². The Kier molecular flexibility index (Phi) is 3.05. The Balaban J connectivity index is 2.02.